The summed E-state index contributed by atoms with van der Waals surface area (Å²) in [4.78, 5) is 2.18. The van der Waals surface area contributed by atoms with E-state index >= 15 is 0 Å². The molecule has 0 saturated carbocycles. The molecular weight excluding hydrogens is 182 g/mol. The third-order valence-corrected chi connectivity index (χ3v) is 2.72. The number of nitrogens with zero attached hydrogens (tertiary/aromatic N) is 4. The summed E-state index contributed by atoms with van der Waals surface area (Å²) >= 11 is 0. The van der Waals surface area contributed by atoms with E-state index in [-0.39, 0.29) is 6.10 Å². The molecule has 2 N–H and O–H groups in total. The van der Waals surface area contributed by atoms with Crippen LogP contribution in [0.3, 0.4) is 0 Å². The Balaban J connectivity index is 1.95. The lowest BCUT2D eigenvalue weighted by Gasteiger charge is -2.34. The van der Waals surface area contributed by atoms with E-state index in [9.17, 15) is 5.11 Å². The highest BCUT2D eigenvalue weighted by Crippen LogP contribution is 2.18. The number of hydrogen-bond donors (Lipinski definition) is 2. The maximum absolute atomic E-state index is 9.52. The van der Waals surface area contributed by atoms with Gasteiger partial charge in [0.15, 0.2) is 5.82 Å². The molecule has 1 aromatic heterocycles. The number of hydrogen-bond acceptors (Lipinski definition) is 5. The van der Waals surface area contributed by atoms with Crippen LogP contribution in [0.1, 0.15) is 25.6 Å². The van der Waals surface area contributed by atoms with E-state index in [1.807, 2.05) is 0 Å². The molecule has 2 rings (SSSR count). The van der Waals surface area contributed by atoms with Gasteiger partial charge in [0, 0.05) is 12.6 Å². The highest BCUT2D eigenvalue weighted by molar-refractivity contribution is 4.83. The Labute approximate surface area is 82.3 Å². The molecule has 2 heterocycles. The van der Waals surface area contributed by atoms with Crippen molar-refractivity contribution in [3.8, 4) is 0 Å². The van der Waals surface area contributed by atoms with Crippen LogP contribution >= 0.6 is 0 Å². The van der Waals surface area contributed by atoms with Gasteiger partial charge in [-0.05, 0) is 19.8 Å². The van der Waals surface area contributed by atoms with E-state index in [0.717, 1.165) is 12.8 Å². The van der Waals surface area contributed by atoms with E-state index in [0.29, 0.717) is 25.0 Å². The maximum atomic E-state index is 9.52. The monoisotopic (exact) mass is 197 g/mol. The maximum Gasteiger partial charge on any atom is 0.188 e. The second-order valence-corrected chi connectivity index (χ2v) is 3.84. The second kappa shape index (κ2) is 4.02. The molecule has 1 aliphatic heterocycles. The Bertz CT molecular complexity index is 275. The zero-order chi connectivity index (χ0) is 9.97. The van der Waals surface area contributed by atoms with Crippen LogP contribution in [0.25, 0.3) is 0 Å². The highest BCUT2D eigenvalue weighted by Gasteiger charge is 2.24. The molecule has 0 bridgehead atoms. The van der Waals surface area contributed by atoms with Crippen LogP contribution < -0.4 is 0 Å². The standard InChI is InChI=1S/C8H15N5O/c1-6-2-3-7(14)4-13(6)5-8-9-11-12-10-8/h6-7,14H,2-5H2,1H3,(H,9,10,11,12). The first kappa shape index (κ1) is 9.54. The number of likely N-dealkylation sites (tertiary alicyclic amines) is 1. The number of rotatable bonds is 2. The fourth-order valence-corrected chi connectivity index (χ4v) is 1.81. The van der Waals surface area contributed by atoms with Crippen molar-refractivity contribution in [2.75, 3.05) is 6.54 Å². The average molecular weight is 197 g/mol. The number of tetrazole rings is 1. The van der Waals surface area contributed by atoms with Crippen molar-refractivity contribution in [2.24, 2.45) is 0 Å². The molecule has 1 saturated heterocycles. The summed E-state index contributed by atoms with van der Waals surface area (Å²) in [5, 5.41) is 23.3. The molecule has 2 unspecified atom stereocenters. The first-order valence-electron chi connectivity index (χ1n) is 4.90. The number of aromatic nitrogens is 4. The second-order valence-electron chi connectivity index (χ2n) is 3.84. The molecular formula is C8H15N5O. The van der Waals surface area contributed by atoms with Gasteiger partial charge >= 0.3 is 0 Å². The first-order chi connectivity index (χ1) is 6.75. The Hall–Kier alpha value is -1.01. The normalized spacial score (nSPS) is 29.3. The van der Waals surface area contributed by atoms with Crippen LogP contribution in [0.5, 0.6) is 0 Å². The quantitative estimate of drug-likeness (QED) is 0.671. The van der Waals surface area contributed by atoms with Gasteiger partial charge in [0.25, 0.3) is 0 Å². The fourth-order valence-electron chi connectivity index (χ4n) is 1.81. The Morgan fingerprint density at radius 2 is 2.43 bits per heavy atom. The van der Waals surface area contributed by atoms with Crippen molar-refractivity contribution in [2.45, 2.75) is 38.5 Å². The average Bonchev–Trinajstić information content (AvgIpc) is 2.64. The summed E-state index contributed by atoms with van der Waals surface area (Å²) in [7, 11) is 0. The topological polar surface area (TPSA) is 77.9 Å². The summed E-state index contributed by atoms with van der Waals surface area (Å²) in [6, 6.07) is 0.483. The number of nitrogens with one attached hydrogen (secondary N) is 1. The molecule has 1 aromatic rings. The minimum atomic E-state index is -0.210. The molecule has 0 aromatic carbocycles. The minimum absolute atomic E-state index is 0.210. The van der Waals surface area contributed by atoms with Crippen molar-refractivity contribution in [3.63, 3.8) is 0 Å². The summed E-state index contributed by atoms with van der Waals surface area (Å²) in [6.07, 6.45) is 1.71. The van der Waals surface area contributed by atoms with Gasteiger partial charge in [0.2, 0.25) is 0 Å². The predicted molar refractivity (Wildman–Crippen MR) is 49.3 cm³/mol. The zero-order valence-corrected chi connectivity index (χ0v) is 8.22. The smallest absolute Gasteiger partial charge is 0.188 e. The van der Waals surface area contributed by atoms with Gasteiger partial charge in [-0.25, -0.2) is 0 Å². The molecule has 14 heavy (non-hydrogen) atoms. The summed E-state index contributed by atoms with van der Waals surface area (Å²) in [6.45, 7) is 3.52. The van der Waals surface area contributed by atoms with Crippen LogP contribution in [-0.2, 0) is 6.54 Å². The molecule has 0 radical (unpaired) electrons. The van der Waals surface area contributed by atoms with Crippen LogP contribution in [0.2, 0.25) is 0 Å². The molecule has 6 heteroatoms. The van der Waals surface area contributed by atoms with E-state index < -0.39 is 0 Å². The molecule has 1 fully saturated rings. The number of aliphatic hydroxyl groups is 1. The van der Waals surface area contributed by atoms with Gasteiger partial charge in [0.05, 0.1) is 12.6 Å². The van der Waals surface area contributed by atoms with Crippen LogP contribution in [-0.4, -0.2) is 49.3 Å². The summed E-state index contributed by atoms with van der Waals surface area (Å²) < 4.78 is 0. The highest BCUT2D eigenvalue weighted by atomic mass is 16.3. The van der Waals surface area contributed by atoms with E-state index in [2.05, 4.69) is 32.4 Å². The molecule has 0 amide bonds. The summed E-state index contributed by atoms with van der Waals surface area (Å²) in [5.74, 6) is 0.686. The molecule has 0 spiro atoms. The van der Waals surface area contributed by atoms with Crippen LogP contribution in [0.15, 0.2) is 0 Å². The van der Waals surface area contributed by atoms with Gasteiger partial charge in [0.1, 0.15) is 0 Å². The van der Waals surface area contributed by atoms with E-state index in [4.69, 9.17) is 0 Å². The third kappa shape index (κ3) is 2.08. The number of aliphatic hydroxyl groups excluding tert-OH is 1. The number of H-pyrrole nitrogens is 1. The van der Waals surface area contributed by atoms with Crippen molar-refractivity contribution in [1.29, 1.82) is 0 Å². The van der Waals surface area contributed by atoms with Crippen LogP contribution in [0, 0.1) is 0 Å². The lowest BCUT2D eigenvalue weighted by atomic mass is 10.0. The van der Waals surface area contributed by atoms with Crippen LogP contribution in [0.4, 0.5) is 0 Å². The molecule has 1 aliphatic rings. The first-order valence-corrected chi connectivity index (χ1v) is 4.90. The van der Waals surface area contributed by atoms with Gasteiger partial charge in [-0.3, -0.25) is 4.90 Å². The van der Waals surface area contributed by atoms with E-state index in [1.165, 1.54) is 0 Å². The fraction of sp³-hybridized carbons (Fsp3) is 0.875. The van der Waals surface area contributed by atoms with Gasteiger partial charge in [-0.2, -0.15) is 5.21 Å². The van der Waals surface area contributed by atoms with Gasteiger partial charge in [-0.15, -0.1) is 10.2 Å². The van der Waals surface area contributed by atoms with Crippen molar-refractivity contribution in [1.82, 2.24) is 25.5 Å². The van der Waals surface area contributed by atoms with Crippen molar-refractivity contribution in [3.05, 3.63) is 5.82 Å². The molecule has 2 atom stereocenters. The number of aromatic amines is 1. The Kier molecular flexibility index (Phi) is 2.74. The summed E-state index contributed by atoms with van der Waals surface area (Å²) in [5.41, 5.74) is 0. The third-order valence-electron chi connectivity index (χ3n) is 2.72. The Morgan fingerprint density at radius 3 is 3.14 bits per heavy atom. The SMILES string of the molecule is CC1CCC(O)CN1Cc1nn[nH]n1. The molecule has 0 aliphatic carbocycles. The van der Waals surface area contributed by atoms with Crippen molar-refractivity contribution >= 4 is 0 Å². The largest absolute Gasteiger partial charge is 0.392 e. The van der Waals surface area contributed by atoms with Gasteiger partial charge in [-0.1, -0.05) is 5.21 Å². The number of piperidine rings is 1. The number of β-amino-alcohol motifs (C(OH)–C–C–N with tert-alkyl or cyclic N) is 1. The molecule has 6 nitrogen and oxygen atoms in total. The Morgan fingerprint density at radius 1 is 1.57 bits per heavy atom. The van der Waals surface area contributed by atoms with Crippen molar-refractivity contribution < 1.29 is 5.11 Å². The molecule has 78 valence electrons. The lowest BCUT2D eigenvalue weighted by molar-refractivity contribution is 0.0350. The minimum Gasteiger partial charge on any atom is -0.392 e. The van der Waals surface area contributed by atoms with E-state index in [1.54, 1.807) is 0 Å². The zero-order valence-electron chi connectivity index (χ0n) is 8.22. The van der Waals surface area contributed by atoms with Gasteiger partial charge < -0.3 is 5.11 Å². The predicted octanol–water partition coefficient (Wildman–Crippen LogP) is -0.455. The lowest BCUT2D eigenvalue weighted by Crippen LogP contribution is -2.43.